The smallest absolute Gasteiger partial charge is 0.140 e. The van der Waals surface area contributed by atoms with E-state index in [2.05, 4.69) is 24.3 Å². The van der Waals surface area contributed by atoms with E-state index >= 15 is 0 Å². The summed E-state index contributed by atoms with van der Waals surface area (Å²) < 4.78 is 0. The van der Waals surface area contributed by atoms with Crippen molar-refractivity contribution in [2.24, 2.45) is 11.8 Å². The number of carbonyl (C=O) groups is 2. The molecule has 0 spiro atoms. The molecule has 0 bridgehead atoms. The zero-order chi connectivity index (χ0) is 20.1. The van der Waals surface area contributed by atoms with Gasteiger partial charge >= 0.3 is 0 Å². The maximum absolute atomic E-state index is 12.7. The molecule has 3 aromatic rings. The zero-order valence-electron chi connectivity index (χ0n) is 16.9. The summed E-state index contributed by atoms with van der Waals surface area (Å²) in [6, 6.07) is 22.6. The largest absolute Gasteiger partial charge is 0.299 e. The van der Waals surface area contributed by atoms with Crippen molar-refractivity contribution in [2.75, 3.05) is 0 Å². The molecule has 0 aromatic heterocycles. The Hall–Kier alpha value is -2.74. The SMILES string of the molecule is CC(C)C(=O)Cc1ccc(CC(C)C(=O)Cc2ccc3ccccc3c2)cc1. The van der Waals surface area contributed by atoms with Gasteiger partial charge < -0.3 is 0 Å². The van der Waals surface area contributed by atoms with Gasteiger partial charge in [-0.1, -0.05) is 87.5 Å². The molecule has 0 fully saturated rings. The summed E-state index contributed by atoms with van der Waals surface area (Å²) in [5.74, 6) is 0.545. The molecule has 0 saturated carbocycles. The molecule has 3 rings (SSSR count). The van der Waals surface area contributed by atoms with Gasteiger partial charge in [-0.3, -0.25) is 9.59 Å². The lowest BCUT2D eigenvalue weighted by atomic mass is 9.92. The van der Waals surface area contributed by atoms with Crippen LogP contribution in [0.25, 0.3) is 10.8 Å². The number of hydrogen-bond acceptors (Lipinski definition) is 2. The number of ketones is 2. The van der Waals surface area contributed by atoms with Gasteiger partial charge in [-0.25, -0.2) is 0 Å². The Balaban J connectivity index is 1.59. The summed E-state index contributed by atoms with van der Waals surface area (Å²) in [6.07, 6.45) is 1.67. The number of hydrogen-bond donors (Lipinski definition) is 0. The van der Waals surface area contributed by atoms with Crippen molar-refractivity contribution >= 4 is 22.3 Å². The molecule has 3 aromatic carbocycles. The second kappa shape index (κ2) is 8.97. The van der Waals surface area contributed by atoms with E-state index in [0.717, 1.165) is 23.1 Å². The van der Waals surface area contributed by atoms with Crippen LogP contribution in [0.15, 0.2) is 66.7 Å². The fourth-order valence-electron chi connectivity index (χ4n) is 3.39. The molecule has 0 saturated heterocycles. The maximum Gasteiger partial charge on any atom is 0.140 e. The van der Waals surface area contributed by atoms with E-state index in [-0.39, 0.29) is 23.4 Å². The Kier molecular flexibility index (Phi) is 6.41. The average molecular weight is 373 g/mol. The van der Waals surface area contributed by atoms with Gasteiger partial charge in [0.2, 0.25) is 0 Å². The Bertz CT molecular complexity index is 967. The van der Waals surface area contributed by atoms with Crippen LogP contribution >= 0.6 is 0 Å². The molecule has 2 nitrogen and oxygen atoms in total. The van der Waals surface area contributed by atoms with Crippen LogP contribution in [0, 0.1) is 11.8 Å². The predicted molar refractivity (Wildman–Crippen MR) is 116 cm³/mol. The van der Waals surface area contributed by atoms with Crippen LogP contribution in [0.2, 0.25) is 0 Å². The van der Waals surface area contributed by atoms with Crippen LogP contribution in [0.1, 0.15) is 37.5 Å². The van der Waals surface area contributed by atoms with E-state index in [0.29, 0.717) is 12.8 Å². The van der Waals surface area contributed by atoms with Gasteiger partial charge in [0.25, 0.3) is 0 Å². The summed E-state index contributed by atoms with van der Waals surface area (Å²) >= 11 is 0. The van der Waals surface area contributed by atoms with Crippen molar-refractivity contribution in [3.63, 3.8) is 0 Å². The minimum absolute atomic E-state index is 0.0328. The van der Waals surface area contributed by atoms with Crippen molar-refractivity contribution in [1.82, 2.24) is 0 Å². The fraction of sp³-hybridized carbons (Fsp3) is 0.308. The molecular weight excluding hydrogens is 344 g/mol. The second-order valence-electron chi connectivity index (χ2n) is 8.04. The van der Waals surface area contributed by atoms with Gasteiger partial charge in [0.1, 0.15) is 11.6 Å². The van der Waals surface area contributed by atoms with Crippen molar-refractivity contribution in [3.05, 3.63) is 83.4 Å². The highest BCUT2D eigenvalue weighted by atomic mass is 16.1. The number of fused-ring (bicyclic) bond motifs is 1. The standard InChI is InChI=1S/C26H28O2/c1-18(2)25(27)16-21-10-8-20(9-11-21)14-19(3)26(28)17-22-12-13-23-6-4-5-7-24(23)15-22/h4-13,15,18-19H,14,16-17H2,1-3H3. The van der Waals surface area contributed by atoms with Crippen molar-refractivity contribution in [1.29, 1.82) is 0 Å². The Morgan fingerprint density at radius 2 is 1.25 bits per heavy atom. The Labute approximate surface area is 167 Å². The van der Waals surface area contributed by atoms with Crippen LogP contribution < -0.4 is 0 Å². The van der Waals surface area contributed by atoms with E-state index in [9.17, 15) is 9.59 Å². The van der Waals surface area contributed by atoms with E-state index in [1.54, 1.807) is 0 Å². The number of benzene rings is 3. The van der Waals surface area contributed by atoms with Crippen LogP contribution in [-0.2, 0) is 28.9 Å². The summed E-state index contributed by atoms with van der Waals surface area (Å²) in [4.78, 5) is 24.6. The predicted octanol–water partition coefficient (Wildman–Crippen LogP) is 5.60. The van der Waals surface area contributed by atoms with Crippen molar-refractivity contribution in [3.8, 4) is 0 Å². The summed E-state index contributed by atoms with van der Waals surface area (Å²) in [5.41, 5.74) is 3.25. The minimum Gasteiger partial charge on any atom is -0.299 e. The number of rotatable bonds is 8. The lowest BCUT2D eigenvalue weighted by Gasteiger charge is -2.12. The van der Waals surface area contributed by atoms with Crippen LogP contribution in [0.3, 0.4) is 0 Å². The van der Waals surface area contributed by atoms with E-state index in [1.165, 1.54) is 10.8 Å². The first kappa shape index (κ1) is 20.0. The van der Waals surface area contributed by atoms with Gasteiger partial charge in [0, 0.05) is 24.7 Å². The topological polar surface area (TPSA) is 34.1 Å². The quantitative estimate of drug-likeness (QED) is 0.516. The molecule has 1 atom stereocenters. The molecule has 1 unspecified atom stereocenters. The third-order valence-electron chi connectivity index (χ3n) is 5.33. The molecule has 28 heavy (non-hydrogen) atoms. The van der Waals surface area contributed by atoms with Gasteiger partial charge in [-0.2, -0.15) is 0 Å². The van der Waals surface area contributed by atoms with Crippen LogP contribution in [-0.4, -0.2) is 11.6 Å². The normalized spacial score (nSPS) is 12.3. The number of Topliss-reactive ketones (excluding diaryl/α,β-unsaturated/α-hetero) is 2. The van der Waals surface area contributed by atoms with Crippen molar-refractivity contribution in [2.45, 2.75) is 40.0 Å². The lowest BCUT2D eigenvalue weighted by molar-refractivity contribution is -0.122. The summed E-state index contributed by atoms with van der Waals surface area (Å²) in [5, 5.41) is 2.37. The molecule has 2 heteroatoms. The molecule has 0 N–H and O–H groups in total. The van der Waals surface area contributed by atoms with Crippen LogP contribution in [0.5, 0.6) is 0 Å². The average Bonchev–Trinajstić information content (AvgIpc) is 2.69. The molecule has 0 aliphatic rings. The Morgan fingerprint density at radius 1 is 0.679 bits per heavy atom. The summed E-state index contributed by atoms with van der Waals surface area (Å²) in [6.45, 7) is 5.86. The van der Waals surface area contributed by atoms with Gasteiger partial charge in [-0.15, -0.1) is 0 Å². The zero-order valence-corrected chi connectivity index (χ0v) is 16.9. The lowest BCUT2D eigenvalue weighted by Crippen LogP contribution is -2.16. The highest BCUT2D eigenvalue weighted by Gasteiger charge is 2.15. The monoisotopic (exact) mass is 372 g/mol. The summed E-state index contributed by atoms with van der Waals surface area (Å²) in [7, 11) is 0. The van der Waals surface area contributed by atoms with Gasteiger partial charge in [0.15, 0.2) is 0 Å². The van der Waals surface area contributed by atoms with E-state index in [4.69, 9.17) is 0 Å². The van der Waals surface area contributed by atoms with Crippen molar-refractivity contribution < 1.29 is 9.59 Å². The first-order chi connectivity index (χ1) is 13.4. The third kappa shape index (κ3) is 5.16. The van der Waals surface area contributed by atoms with Gasteiger partial charge in [-0.05, 0) is 33.9 Å². The molecular formula is C26H28O2. The number of carbonyl (C=O) groups excluding carboxylic acids is 2. The second-order valence-corrected chi connectivity index (χ2v) is 8.04. The van der Waals surface area contributed by atoms with Gasteiger partial charge in [0.05, 0.1) is 0 Å². The third-order valence-corrected chi connectivity index (χ3v) is 5.33. The molecule has 0 aliphatic heterocycles. The molecule has 0 heterocycles. The molecule has 0 amide bonds. The molecule has 144 valence electrons. The van der Waals surface area contributed by atoms with Crippen LogP contribution in [0.4, 0.5) is 0 Å². The Morgan fingerprint density at radius 3 is 1.93 bits per heavy atom. The van der Waals surface area contributed by atoms with E-state index < -0.39 is 0 Å². The van der Waals surface area contributed by atoms with E-state index in [1.807, 2.05) is 63.2 Å². The first-order valence-electron chi connectivity index (χ1n) is 10.0. The minimum atomic E-state index is -0.0328. The molecule has 0 aliphatic carbocycles. The highest BCUT2D eigenvalue weighted by Crippen LogP contribution is 2.18. The first-order valence-corrected chi connectivity index (χ1v) is 10.0. The molecule has 0 radical (unpaired) electrons. The maximum atomic E-state index is 12.7. The highest BCUT2D eigenvalue weighted by molar-refractivity contribution is 5.87. The fourth-order valence-corrected chi connectivity index (χ4v) is 3.39.